The highest BCUT2D eigenvalue weighted by Crippen LogP contribution is 2.24. The van der Waals surface area contributed by atoms with Gasteiger partial charge in [-0.25, -0.2) is 0 Å². The van der Waals surface area contributed by atoms with Crippen LogP contribution in [0.25, 0.3) is 0 Å². The molecule has 4 nitrogen and oxygen atoms in total. The van der Waals surface area contributed by atoms with E-state index in [9.17, 15) is 4.79 Å². The molecule has 0 aromatic carbocycles. The maximum Gasteiger partial charge on any atom is 0.303 e. The molecule has 1 saturated heterocycles. The topological polar surface area (TPSA) is 53.7 Å². The van der Waals surface area contributed by atoms with Crippen LogP contribution >= 0.6 is 15.9 Å². The number of hydrogen-bond donors (Lipinski definition) is 1. The second kappa shape index (κ2) is 6.38. The first-order valence-electron chi connectivity index (χ1n) is 6.35. The normalized spacial score (nSPS) is 21.1. The molecule has 1 N–H and O–H groups in total. The predicted molar refractivity (Wildman–Crippen MR) is 71.3 cm³/mol. The summed E-state index contributed by atoms with van der Waals surface area (Å²) in [5.74, 6) is 0.227. The van der Waals surface area contributed by atoms with E-state index in [0.29, 0.717) is 6.04 Å². The Labute approximate surface area is 115 Å². The Balaban J connectivity index is 1.92. The Morgan fingerprint density at radius 2 is 2.33 bits per heavy atom. The third-order valence-corrected chi connectivity index (χ3v) is 3.85. The molecule has 0 bridgehead atoms. The molecule has 0 saturated carbocycles. The largest absolute Gasteiger partial charge is 0.481 e. The molecule has 1 aliphatic rings. The molecular weight excluding hydrogens is 298 g/mol. The number of hydrogen-bond acceptors (Lipinski definition) is 3. The summed E-state index contributed by atoms with van der Waals surface area (Å²) >= 11 is 3.30. The average Bonchev–Trinajstić information content (AvgIpc) is 2.73. The lowest BCUT2D eigenvalue weighted by atomic mass is 9.98. The maximum atomic E-state index is 10.7. The molecule has 2 rings (SSSR count). The van der Waals surface area contributed by atoms with Crippen LogP contribution in [0, 0.1) is 0 Å². The fourth-order valence-electron chi connectivity index (χ4n) is 2.52. The van der Waals surface area contributed by atoms with Crippen LogP contribution in [0.3, 0.4) is 0 Å². The Morgan fingerprint density at radius 1 is 1.50 bits per heavy atom. The zero-order valence-corrected chi connectivity index (χ0v) is 11.9. The number of rotatable bonds is 5. The monoisotopic (exact) mass is 315 g/mol. The molecule has 1 aliphatic heterocycles. The molecule has 18 heavy (non-hydrogen) atoms. The van der Waals surface area contributed by atoms with Gasteiger partial charge in [0.05, 0.1) is 6.54 Å². The van der Waals surface area contributed by atoms with Gasteiger partial charge in [-0.2, -0.15) is 0 Å². The van der Waals surface area contributed by atoms with Gasteiger partial charge in [-0.05, 0) is 53.9 Å². The molecule has 0 amide bonds. The van der Waals surface area contributed by atoms with Gasteiger partial charge in [-0.3, -0.25) is 9.69 Å². The quantitative estimate of drug-likeness (QED) is 0.906. The van der Waals surface area contributed by atoms with Gasteiger partial charge in [-0.1, -0.05) is 6.42 Å². The summed E-state index contributed by atoms with van der Waals surface area (Å²) in [5.41, 5.74) is 0. The van der Waals surface area contributed by atoms with E-state index in [0.717, 1.165) is 36.4 Å². The first-order chi connectivity index (χ1) is 8.65. The van der Waals surface area contributed by atoms with Crippen LogP contribution in [0.15, 0.2) is 21.2 Å². The van der Waals surface area contributed by atoms with Gasteiger partial charge in [0.15, 0.2) is 4.67 Å². The Hall–Kier alpha value is -0.810. The molecule has 1 unspecified atom stereocenters. The molecule has 5 heteroatoms. The fraction of sp³-hybridized carbons (Fsp3) is 0.615. The van der Waals surface area contributed by atoms with Gasteiger partial charge in [0.25, 0.3) is 0 Å². The van der Waals surface area contributed by atoms with Crippen LogP contribution in [0.4, 0.5) is 0 Å². The summed E-state index contributed by atoms with van der Waals surface area (Å²) < 4.78 is 6.27. The molecule has 1 fully saturated rings. The van der Waals surface area contributed by atoms with Gasteiger partial charge < -0.3 is 9.52 Å². The molecule has 1 aromatic rings. The number of aliphatic carboxylic acids is 1. The predicted octanol–water partition coefficient (Wildman–Crippen LogP) is 3.26. The number of likely N-dealkylation sites (tertiary alicyclic amines) is 1. The van der Waals surface area contributed by atoms with Crippen LogP contribution in [-0.4, -0.2) is 28.6 Å². The van der Waals surface area contributed by atoms with Gasteiger partial charge in [0.2, 0.25) is 0 Å². The van der Waals surface area contributed by atoms with Gasteiger partial charge in [0.1, 0.15) is 5.76 Å². The summed E-state index contributed by atoms with van der Waals surface area (Å²) in [4.78, 5) is 13.0. The number of nitrogens with zero attached hydrogens (tertiary/aromatic N) is 1. The molecule has 0 radical (unpaired) electrons. The van der Waals surface area contributed by atoms with E-state index < -0.39 is 5.97 Å². The highest BCUT2D eigenvalue weighted by atomic mass is 79.9. The van der Waals surface area contributed by atoms with E-state index in [-0.39, 0.29) is 6.42 Å². The zero-order chi connectivity index (χ0) is 13.0. The van der Waals surface area contributed by atoms with Gasteiger partial charge in [-0.15, -0.1) is 0 Å². The van der Waals surface area contributed by atoms with Crippen LogP contribution in [0.5, 0.6) is 0 Å². The van der Waals surface area contributed by atoms with Gasteiger partial charge >= 0.3 is 5.97 Å². The highest BCUT2D eigenvalue weighted by molar-refractivity contribution is 9.10. The second-order valence-corrected chi connectivity index (χ2v) is 5.54. The van der Waals surface area contributed by atoms with Crippen molar-refractivity contribution in [3.8, 4) is 0 Å². The van der Waals surface area contributed by atoms with E-state index in [1.54, 1.807) is 0 Å². The van der Waals surface area contributed by atoms with Crippen molar-refractivity contribution in [2.45, 2.75) is 44.7 Å². The van der Waals surface area contributed by atoms with Crippen molar-refractivity contribution in [1.29, 1.82) is 0 Å². The SMILES string of the molecule is O=C(O)CCC1CCCCN1Cc1ccc(Br)o1. The first kappa shape index (κ1) is 13.6. The molecule has 2 heterocycles. The lowest BCUT2D eigenvalue weighted by Crippen LogP contribution is -2.39. The Morgan fingerprint density at radius 3 is 3.00 bits per heavy atom. The van der Waals surface area contributed by atoms with Crippen molar-refractivity contribution in [3.05, 3.63) is 22.6 Å². The minimum Gasteiger partial charge on any atom is -0.481 e. The molecule has 1 aromatic heterocycles. The van der Waals surface area contributed by atoms with Crippen LogP contribution < -0.4 is 0 Å². The van der Waals surface area contributed by atoms with Crippen LogP contribution in [0.1, 0.15) is 37.9 Å². The number of carboxylic acids is 1. The Bertz CT molecular complexity index is 405. The highest BCUT2D eigenvalue weighted by Gasteiger charge is 2.23. The zero-order valence-electron chi connectivity index (χ0n) is 10.3. The van der Waals surface area contributed by atoms with Crippen molar-refractivity contribution in [1.82, 2.24) is 4.90 Å². The Kier molecular flexibility index (Phi) is 4.83. The van der Waals surface area contributed by atoms with Crippen molar-refractivity contribution < 1.29 is 14.3 Å². The van der Waals surface area contributed by atoms with Crippen LogP contribution in [-0.2, 0) is 11.3 Å². The van der Waals surface area contributed by atoms with E-state index in [4.69, 9.17) is 9.52 Å². The number of carboxylic acid groups (broad SMARTS) is 1. The van der Waals surface area contributed by atoms with E-state index in [1.807, 2.05) is 12.1 Å². The first-order valence-corrected chi connectivity index (χ1v) is 7.14. The molecular formula is C13H18BrNO3. The summed E-state index contributed by atoms with van der Waals surface area (Å²) in [5, 5.41) is 8.78. The number of furan rings is 1. The smallest absolute Gasteiger partial charge is 0.303 e. The van der Waals surface area contributed by atoms with Gasteiger partial charge in [0, 0.05) is 12.5 Å². The maximum absolute atomic E-state index is 10.7. The van der Waals surface area contributed by atoms with Crippen molar-refractivity contribution in [2.75, 3.05) is 6.54 Å². The average molecular weight is 316 g/mol. The number of carbonyl (C=O) groups is 1. The fourth-order valence-corrected chi connectivity index (χ4v) is 2.86. The number of halogens is 1. The third-order valence-electron chi connectivity index (χ3n) is 3.43. The second-order valence-electron chi connectivity index (χ2n) is 4.76. The standard InChI is InChI=1S/C13H18BrNO3/c14-12-6-5-11(18-12)9-15-8-2-1-3-10(15)4-7-13(16)17/h5-6,10H,1-4,7-9H2,(H,16,17). The summed E-state index contributed by atoms with van der Waals surface area (Å²) in [6.07, 6.45) is 4.46. The molecule has 1 atom stereocenters. The molecule has 100 valence electrons. The number of piperidine rings is 1. The lowest BCUT2D eigenvalue weighted by molar-refractivity contribution is -0.137. The summed E-state index contributed by atoms with van der Waals surface area (Å²) in [7, 11) is 0. The van der Waals surface area contributed by atoms with E-state index in [1.165, 1.54) is 12.8 Å². The van der Waals surface area contributed by atoms with E-state index >= 15 is 0 Å². The van der Waals surface area contributed by atoms with Crippen molar-refractivity contribution in [2.24, 2.45) is 0 Å². The third kappa shape index (κ3) is 3.85. The van der Waals surface area contributed by atoms with Crippen LogP contribution in [0.2, 0.25) is 0 Å². The summed E-state index contributed by atoms with van der Waals surface area (Å²) in [6.45, 7) is 1.80. The van der Waals surface area contributed by atoms with Crippen molar-refractivity contribution in [3.63, 3.8) is 0 Å². The lowest BCUT2D eigenvalue weighted by Gasteiger charge is -2.34. The molecule has 0 aliphatic carbocycles. The minimum absolute atomic E-state index is 0.253. The summed E-state index contributed by atoms with van der Waals surface area (Å²) in [6, 6.07) is 4.23. The van der Waals surface area contributed by atoms with Crippen molar-refractivity contribution >= 4 is 21.9 Å². The van der Waals surface area contributed by atoms with E-state index in [2.05, 4.69) is 20.8 Å². The molecule has 0 spiro atoms. The minimum atomic E-state index is -0.707.